The van der Waals surface area contributed by atoms with Crippen LogP contribution in [0.15, 0.2) is 35.5 Å². The van der Waals surface area contributed by atoms with E-state index in [1.54, 1.807) is 13.0 Å². The third-order valence-corrected chi connectivity index (χ3v) is 3.99. The normalized spacial score (nSPS) is 12.8. The second kappa shape index (κ2) is 5.17. The Kier molecular flexibility index (Phi) is 3.59. The number of benzene rings is 1. The van der Waals surface area contributed by atoms with Gasteiger partial charge in [0.25, 0.3) is 0 Å². The topological polar surface area (TPSA) is 112 Å². The minimum absolute atomic E-state index is 0.0397. The third-order valence-electron chi connectivity index (χ3n) is 2.45. The van der Waals surface area contributed by atoms with E-state index in [4.69, 9.17) is 5.26 Å². The maximum atomic E-state index is 12.1. The highest BCUT2D eigenvalue weighted by atomic mass is 32.2. The van der Waals surface area contributed by atoms with E-state index >= 15 is 0 Å². The van der Waals surface area contributed by atoms with E-state index in [1.807, 2.05) is 6.07 Å². The number of nitrogens with zero attached hydrogens (tertiary/aromatic N) is 3. The molecule has 0 spiro atoms. The van der Waals surface area contributed by atoms with Gasteiger partial charge in [-0.15, -0.1) is 0 Å². The maximum absolute atomic E-state index is 12.1. The summed E-state index contributed by atoms with van der Waals surface area (Å²) in [7, 11) is -3.71. The minimum Gasteiger partial charge on any atom is -0.262 e. The van der Waals surface area contributed by atoms with Gasteiger partial charge in [-0.05, 0) is 25.1 Å². The van der Waals surface area contributed by atoms with Crippen LogP contribution in [0.4, 0.5) is 0 Å². The molecule has 98 valence electrons. The van der Waals surface area contributed by atoms with Crippen molar-refractivity contribution in [2.75, 3.05) is 0 Å². The lowest BCUT2D eigenvalue weighted by Crippen LogP contribution is -2.27. The largest absolute Gasteiger partial charge is 0.262 e. The van der Waals surface area contributed by atoms with Gasteiger partial charge in [-0.25, -0.2) is 18.1 Å². The van der Waals surface area contributed by atoms with E-state index in [-0.39, 0.29) is 10.5 Å². The summed E-state index contributed by atoms with van der Waals surface area (Å²) in [6.45, 7) is 1.65. The molecule has 0 amide bonds. The van der Waals surface area contributed by atoms with Crippen molar-refractivity contribution in [1.29, 1.82) is 5.26 Å². The van der Waals surface area contributed by atoms with Crippen molar-refractivity contribution in [3.05, 3.63) is 42.0 Å². The minimum atomic E-state index is -3.71. The molecule has 0 saturated carbocycles. The van der Waals surface area contributed by atoms with Gasteiger partial charge in [0.05, 0.1) is 22.6 Å². The Morgan fingerprint density at radius 2 is 2.26 bits per heavy atom. The van der Waals surface area contributed by atoms with Crippen LogP contribution in [0.3, 0.4) is 0 Å². The Morgan fingerprint density at radius 1 is 1.47 bits per heavy atom. The van der Waals surface area contributed by atoms with Gasteiger partial charge in [-0.1, -0.05) is 6.07 Å². The fourth-order valence-electron chi connectivity index (χ4n) is 1.51. The smallest absolute Gasteiger partial charge is 0.241 e. The summed E-state index contributed by atoms with van der Waals surface area (Å²) in [5.74, 6) is 0.417. The molecule has 0 aliphatic rings. The number of nitriles is 1. The quantitative estimate of drug-likeness (QED) is 0.855. The molecule has 0 bridgehead atoms. The zero-order valence-corrected chi connectivity index (χ0v) is 10.8. The molecule has 0 saturated heterocycles. The van der Waals surface area contributed by atoms with Crippen molar-refractivity contribution in [2.24, 2.45) is 0 Å². The van der Waals surface area contributed by atoms with E-state index in [1.165, 1.54) is 24.5 Å². The van der Waals surface area contributed by atoms with E-state index in [2.05, 4.69) is 19.9 Å². The highest BCUT2D eigenvalue weighted by molar-refractivity contribution is 7.89. The van der Waals surface area contributed by atoms with Gasteiger partial charge in [-0.2, -0.15) is 10.4 Å². The van der Waals surface area contributed by atoms with Crippen LogP contribution in [0.1, 0.15) is 24.4 Å². The van der Waals surface area contributed by atoms with Crippen molar-refractivity contribution < 1.29 is 8.42 Å². The van der Waals surface area contributed by atoms with Crippen LogP contribution in [0.2, 0.25) is 0 Å². The van der Waals surface area contributed by atoms with E-state index in [9.17, 15) is 8.42 Å². The Labute approximate surface area is 110 Å². The summed E-state index contributed by atoms with van der Waals surface area (Å²) >= 11 is 0. The average molecular weight is 277 g/mol. The van der Waals surface area contributed by atoms with Gasteiger partial charge < -0.3 is 0 Å². The summed E-state index contributed by atoms with van der Waals surface area (Å²) in [5.41, 5.74) is 0.287. The van der Waals surface area contributed by atoms with Crippen molar-refractivity contribution in [3.63, 3.8) is 0 Å². The first kappa shape index (κ1) is 13.2. The van der Waals surface area contributed by atoms with Gasteiger partial charge in [-0.3, -0.25) is 5.10 Å². The number of hydrogen-bond acceptors (Lipinski definition) is 5. The molecule has 7 nitrogen and oxygen atoms in total. The molecule has 1 unspecified atom stereocenters. The first-order valence-corrected chi connectivity index (χ1v) is 6.89. The molecule has 1 atom stereocenters. The van der Waals surface area contributed by atoms with Crippen LogP contribution < -0.4 is 4.72 Å². The number of hydrogen-bond donors (Lipinski definition) is 2. The van der Waals surface area contributed by atoms with Crippen LogP contribution in [0.5, 0.6) is 0 Å². The van der Waals surface area contributed by atoms with Crippen molar-refractivity contribution in [2.45, 2.75) is 17.9 Å². The third kappa shape index (κ3) is 2.96. The van der Waals surface area contributed by atoms with Gasteiger partial charge in [0.15, 0.2) is 0 Å². The lowest BCUT2D eigenvalue weighted by Gasteiger charge is -2.11. The lowest BCUT2D eigenvalue weighted by molar-refractivity contribution is 0.560. The highest BCUT2D eigenvalue weighted by Crippen LogP contribution is 2.14. The van der Waals surface area contributed by atoms with Crippen LogP contribution >= 0.6 is 0 Å². The second-order valence-electron chi connectivity index (χ2n) is 3.85. The summed E-state index contributed by atoms with van der Waals surface area (Å²) in [6.07, 6.45) is 1.30. The molecule has 8 heteroatoms. The highest BCUT2D eigenvalue weighted by Gasteiger charge is 2.20. The van der Waals surface area contributed by atoms with Crippen molar-refractivity contribution in [3.8, 4) is 6.07 Å². The average Bonchev–Trinajstić information content (AvgIpc) is 2.92. The molecular formula is C11H11N5O2S. The Hall–Kier alpha value is -2.24. The van der Waals surface area contributed by atoms with E-state index in [0.29, 0.717) is 5.82 Å². The van der Waals surface area contributed by atoms with Crippen LogP contribution in [-0.4, -0.2) is 23.6 Å². The van der Waals surface area contributed by atoms with Crippen molar-refractivity contribution >= 4 is 10.0 Å². The first-order chi connectivity index (χ1) is 9.03. The molecule has 0 fully saturated rings. The lowest BCUT2D eigenvalue weighted by atomic mass is 10.2. The van der Waals surface area contributed by atoms with E-state index in [0.717, 1.165) is 0 Å². The fraction of sp³-hybridized carbons (Fsp3) is 0.182. The second-order valence-corrected chi connectivity index (χ2v) is 5.57. The molecular weight excluding hydrogens is 266 g/mol. The number of aromatic nitrogens is 3. The van der Waals surface area contributed by atoms with Gasteiger partial charge in [0.1, 0.15) is 12.2 Å². The predicted octanol–water partition coefficient (Wildman–Crippen LogP) is 0.716. The number of rotatable bonds is 4. The molecule has 2 N–H and O–H groups in total. The fourth-order valence-corrected chi connectivity index (χ4v) is 2.77. The van der Waals surface area contributed by atoms with Crippen molar-refractivity contribution in [1.82, 2.24) is 19.9 Å². The van der Waals surface area contributed by atoms with Gasteiger partial charge in [0, 0.05) is 0 Å². The molecule has 2 rings (SSSR count). The number of nitrogens with one attached hydrogen (secondary N) is 2. The zero-order valence-electron chi connectivity index (χ0n) is 10.0. The molecule has 1 aromatic heterocycles. The predicted molar refractivity (Wildman–Crippen MR) is 66.3 cm³/mol. The molecule has 2 aromatic rings. The van der Waals surface area contributed by atoms with Gasteiger partial charge in [0.2, 0.25) is 10.0 Å². The zero-order chi connectivity index (χ0) is 13.9. The number of aromatic amines is 1. The van der Waals surface area contributed by atoms with Gasteiger partial charge >= 0.3 is 0 Å². The molecule has 1 heterocycles. The summed E-state index contributed by atoms with van der Waals surface area (Å²) in [5, 5.41) is 15.0. The maximum Gasteiger partial charge on any atom is 0.241 e. The Balaban J connectivity index is 2.25. The number of H-pyrrole nitrogens is 1. The molecule has 1 aromatic carbocycles. The first-order valence-electron chi connectivity index (χ1n) is 5.40. The Bertz CT molecular complexity index is 703. The molecule has 0 aliphatic heterocycles. The van der Waals surface area contributed by atoms with Crippen LogP contribution in [0, 0.1) is 11.3 Å². The molecule has 0 aliphatic carbocycles. The Morgan fingerprint density at radius 3 is 2.89 bits per heavy atom. The SMILES string of the molecule is CC(NS(=O)(=O)c1cccc(C#N)c1)c1ncn[nH]1. The summed E-state index contributed by atoms with van der Waals surface area (Å²) in [4.78, 5) is 3.92. The van der Waals surface area contributed by atoms with Crippen LogP contribution in [-0.2, 0) is 10.0 Å². The standard InChI is InChI=1S/C11H11N5O2S/c1-8(11-13-7-14-15-11)16-19(17,18)10-4-2-3-9(5-10)6-12/h2-5,7-8,16H,1H3,(H,13,14,15). The van der Waals surface area contributed by atoms with E-state index < -0.39 is 16.1 Å². The summed E-state index contributed by atoms with van der Waals surface area (Å²) in [6, 6.07) is 7.16. The summed E-state index contributed by atoms with van der Waals surface area (Å²) < 4.78 is 26.7. The molecule has 0 radical (unpaired) electrons. The number of sulfonamides is 1. The molecule has 19 heavy (non-hydrogen) atoms. The van der Waals surface area contributed by atoms with Crippen LogP contribution in [0.25, 0.3) is 0 Å². The monoisotopic (exact) mass is 277 g/mol.